The maximum absolute atomic E-state index is 5.70. The second kappa shape index (κ2) is 8.03. The summed E-state index contributed by atoms with van der Waals surface area (Å²) in [6.45, 7) is 4.92. The highest BCUT2D eigenvalue weighted by Crippen LogP contribution is 2.34. The lowest BCUT2D eigenvalue weighted by molar-refractivity contribution is 0.0682. The summed E-state index contributed by atoms with van der Waals surface area (Å²) in [5.41, 5.74) is 1.41. The van der Waals surface area contributed by atoms with Crippen LogP contribution in [0.2, 0.25) is 0 Å². The Morgan fingerprint density at radius 3 is 2.39 bits per heavy atom. The Balaban J connectivity index is 2.85. The van der Waals surface area contributed by atoms with E-state index in [0.29, 0.717) is 0 Å². The van der Waals surface area contributed by atoms with Gasteiger partial charge in [-0.3, -0.25) is 0 Å². The fraction of sp³-hybridized carbons (Fsp3) is 0.571. The van der Waals surface area contributed by atoms with Crippen molar-refractivity contribution >= 4 is 47.8 Å². The van der Waals surface area contributed by atoms with E-state index in [4.69, 9.17) is 4.74 Å². The second-order valence-corrected chi connectivity index (χ2v) is 6.76. The molecule has 102 valence electrons. The summed E-state index contributed by atoms with van der Waals surface area (Å²) in [6.07, 6.45) is 1.29. The Labute approximate surface area is 135 Å². The number of benzene rings is 1. The molecule has 0 bridgehead atoms. The molecule has 0 aliphatic heterocycles. The number of ether oxygens (including phenoxy) is 1. The van der Waals surface area contributed by atoms with Crippen molar-refractivity contribution < 1.29 is 4.74 Å². The van der Waals surface area contributed by atoms with Gasteiger partial charge in [0.2, 0.25) is 0 Å². The number of alkyl halides is 2. The fourth-order valence-electron chi connectivity index (χ4n) is 1.78. The van der Waals surface area contributed by atoms with Gasteiger partial charge in [-0.2, -0.15) is 0 Å². The van der Waals surface area contributed by atoms with E-state index in [1.54, 1.807) is 0 Å². The molecule has 1 nitrogen and oxygen atoms in total. The van der Waals surface area contributed by atoms with Crippen LogP contribution in [0.4, 0.5) is 0 Å². The van der Waals surface area contributed by atoms with Crippen LogP contribution in [0, 0.1) is 0 Å². The van der Waals surface area contributed by atoms with Crippen LogP contribution < -0.4 is 0 Å². The van der Waals surface area contributed by atoms with E-state index in [1.165, 1.54) is 5.56 Å². The van der Waals surface area contributed by atoms with Gasteiger partial charge in [0, 0.05) is 27.2 Å². The lowest BCUT2D eigenvalue weighted by Gasteiger charge is -2.31. The molecule has 0 heterocycles. The third-order valence-electron chi connectivity index (χ3n) is 2.98. The summed E-state index contributed by atoms with van der Waals surface area (Å²) in [4.78, 5) is 0. The smallest absolute Gasteiger partial charge is 0.0518 e. The third-order valence-corrected chi connectivity index (χ3v) is 5.62. The molecule has 4 heteroatoms. The van der Waals surface area contributed by atoms with Gasteiger partial charge in [-0.05, 0) is 38.0 Å². The van der Waals surface area contributed by atoms with Crippen LogP contribution in [0.15, 0.2) is 28.7 Å². The molecule has 1 rings (SSSR count). The molecule has 0 amide bonds. The summed E-state index contributed by atoms with van der Waals surface area (Å²) >= 11 is 10.9. The molecule has 0 fully saturated rings. The van der Waals surface area contributed by atoms with Gasteiger partial charge in [0.1, 0.15) is 0 Å². The summed E-state index contributed by atoms with van der Waals surface area (Å²) in [6, 6.07) is 8.52. The number of halogens is 3. The molecule has 0 unspecified atom stereocenters. The van der Waals surface area contributed by atoms with E-state index in [0.717, 1.165) is 28.2 Å². The fourth-order valence-corrected chi connectivity index (χ4v) is 4.31. The molecule has 1 aromatic carbocycles. The average Bonchev–Trinajstić information content (AvgIpc) is 2.35. The van der Waals surface area contributed by atoms with Crippen molar-refractivity contribution in [1.29, 1.82) is 0 Å². The van der Waals surface area contributed by atoms with Crippen LogP contribution in [0.5, 0.6) is 0 Å². The van der Waals surface area contributed by atoms with Gasteiger partial charge in [-0.15, -0.1) is 0 Å². The molecular formula is C14H19Br3O. The van der Waals surface area contributed by atoms with Gasteiger partial charge in [0.15, 0.2) is 0 Å². The molecule has 18 heavy (non-hydrogen) atoms. The maximum Gasteiger partial charge on any atom is 0.0518 e. The van der Waals surface area contributed by atoms with Gasteiger partial charge < -0.3 is 4.74 Å². The minimum Gasteiger partial charge on any atom is -0.379 e. The third kappa shape index (κ3) is 4.62. The molecule has 0 aliphatic rings. The second-order valence-electron chi connectivity index (χ2n) is 4.73. The molecule has 0 aliphatic carbocycles. The molecule has 0 radical (unpaired) electrons. The Hall–Kier alpha value is 0.620. The normalized spacial score (nSPS) is 12.1. The van der Waals surface area contributed by atoms with E-state index in [1.807, 2.05) is 0 Å². The number of hydrogen-bond acceptors (Lipinski definition) is 1. The molecule has 1 aromatic rings. The van der Waals surface area contributed by atoms with E-state index in [9.17, 15) is 0 Å². The molecule has 0 atom stereocenters. The Kier molecular flexibility index (Phi) is 7.44. The highest BCUT2D eigenvalue weighted by atomic mass is 79.9. The van der Waals surface area contributed by atoms with Crippen molar-refractivity contribution in [2.75, 3.05) is 17.3 Å². The highest BCUT2D eigenvalue weighted by Gasteiger charge is 2.30. The highest BCUT2D eigenvalue weighted by molar-refractivity contribution is 9.10. The van der Waals surface area contributed by atoms with Crippen LogP contribution >= 0.6 is 47.8 Å². The predicted molar refractivity (Wildman–Crippen MR) is 89.1 cm³/mol. The quantitative estimate of drug-likeness (QED) is 0.521. The summed E-state index contributed by atoms with van der Waals surface area (Å²) in [5.74, 6) is 0. The first kappa shape index (κ1) is 16.7. The van der Waals surface area contributed by atoms with Gasteiger partial charge in [-0.25, -0.2) is 0 Å². The first-order chi connectivity index (χ1) is 8.54. The Morgan fingerprint density at radius 1 is 1.22 bits per heavy atom. The van der Waals surface area contributed by atoms with Crippen LogP contribution in [-0.2, 0) is 10.2 Å². The molecule has 0 N–H and O–H groups in total. The monoisotopic (exact) mass is 440 g/mol. The van der Waals surface area contributed by atoms with Crippen LogP contribution in [0.1, 0.15) is 25.8 Å². The van der Waals surface area contributed by atoms with Crippen molar-refractivity contribution in [3.63, 3.8) is 0 Å². The SMILES string of the molecule is CC(C)OCCC(CBr)(CBr)c1cccc(Br)c1. The molecule has 0 spiro atoms. The summed E-state index contributed by atoms with van der Waals surface area (Å²) in [7, 11) is 0. The van der Waals surface area contributed by atoms with Crippen molar-refractivity contribution in [2.24, 2.45) is 0 Å². The Bertz CT molecular complexity index is 362. The zero-order valence-corrected chi connectivity index (χ0v) is 15.5. The largest absolute Gasteiger partial charge is 0.379 e. The molecule has 0 saturated carbocycles. The molecule has 0 saturated heterocycles. The Morgan fingerprint density at radius 2 is 1.89 bits per heavy atom. The number of rotatable bonds is 7. The van der Waals surface area contributed by atoms with Gasteiger partial charge in [-0.1, -0.05) is 59.9 Å². The van der Waals surface area contributed by atoms with E-state index < -0.39 is 0 Å². The van der Waals surface area contributed by atoms with E-state index >= 15 is 0 Å². The minimum absolute atomic E-state index is 0.0820. The van der Waals surface area contributed by atoms with Gasteiger partial charge in [0.25, 0.3) is 0 Å². The van der Waals surface area contributed by atoms with Crippen molar-refractivity contribution in [1.82, 2.24) is 0 Å². The number of hydrogen-bond donors (Lipinski definition) is 0. The first-order valence-corrected chi connectivity index (χ1v) is 9.07. The summed E-state index contributed by atoms with van der Waals surface area (Å²) < 4.78 is 6.82. The van der Waals surface area contributed by atoms with E-state index in [2.05, 4.69) is 85.9 Å². The van der Waals surface area contributed by atoms with E-state index in [-0.39, 0.29) is 11.5 Å². The lowest BCUT2D eigenvalue weighted by atomic mass is 9.82. The van der Waals surface area contributed by atoms with Crippen LogP contribution in [0.25, 0.3) is 0 Å². The lowest BCUT2D eigenvalue weighted by Crippen LogP contribution is -2.32. The predicted octanol–water partition coefficient (Wildman–Crippen LogP) is 5.29. The standard InChI is InChI=1S/C14H19Br3O/c1-11(2)18-7-6-14(9-15,10-16)12-4-3-5-13(17)8-12/h3-5,8,11H,6-7,9-10H2,1-2H3. The van der Waals surface area contributed by atoms with Crippen LogP contribution in [-0.4, -0.2) is 23.4 Å². The zero-order chi connectivity index (χ0) is 13.6. The first-order valence-electron chi connectivity index (χ1n) is 6.03. The topological polar surface area (TPSA) is 9.23 Å². The molecule has 0 aromatic heterocycles. The average molecular weight is 443 g/mol. The van der Waals surface area contributed by atoms with Crippen molar-refractivity contribution in [2.45, 2.75) is 31.8 Å². The van der Waals surface area contributed by atoms with Gasteiger partial charge in [0.05, 0.1) is 6.10 Å². The maximum atomic E-state index is 5.70. The molecular weight excluding hydrogens is 424 g/mol. The van der Waals surface area contributed by atoms with Crippen molar-refractivity contribution in [3.05, 3.63) is 34.3 Å². The van der Waals surface area contributed by atoms with Crippen molar-refractivity contribution in [3.8, 4) is 0 Å². The zero-order valence-electron chi connectivity index (χ0n) is 10.8. The van der Waals surface area contributed by atoms with Crippen LogP contribution in [0.3, 0.4) is 0 Å². The summed E-state index contributed by atoms with van der Waals surface area (Å²) in [5, 5.41) is 1.84. The minimum atomic E-state index is 0.0820. The van der Waals surface area contributed by atoms with Gasteiger partial charge >= 0.3 is 0 Å².